The van der Waals surface area contributed by atoms with Crippen LogP contribution in [0.4, 0.5) is 5.69 Å². The second kappa shape index (κ2) is 5.11. The Balaban J connectivity index is 1.61. The third-order valence-electron chi connectivity index (χ3n) is 3.97. The van der Waals surface area contributed by atoms with Gasteiger partial charge < -0.3 is 15.6 Å². The minimum absolute atomic E-state index is 0.0122. The van der Waals surface area contributed by atoms with E-state index in [9.17, 15) is 4.79 Å². The Hall–Kier alpha value is -1.71. The summed E-state index contributed by atoms with van der Waals surface area (Å²) in [4.78, 5) is 12.2. The topological polar surface area (TPSA) is 60.1 Å². The standard InChI is InChI=1S/C15H21N3O/c16-12-8-14(18(10-12)13-6-7-13)15(19)17-9-11-4-2-1-3-5-11/h1-2,8,10-11,13H,3-7,9,16H2,(H,17,19). The van der Waals surface area contributed by atoms with Crippen molar-refractivity contribution in [2.45, 2.75) is 38.1 Å². The highest BCUT2D eigenvalue weighted by atomic mass is 16.1. The molecule has 102 valence electrons. The van der Waals surface area contributed by atoms with Gasteiger partial charge in [0.1, 0.15) is 5.69 Å². The van der Waals surface area contributed by atoms with Gasteiger partial charge >= 0.3 is 0 Å². The lowest BCUT2D eigenvalue weighted by atomic mass is 9.94. The van der Waals surface area contributed by atoms with Crippen LogP contribution in [0.15, 0.2) is 24.4 Å². The monoisotopic (exact) mass is 259 g/mol. The Bertz CT molecular complexity index is 499. The van der Waals surface area contributed by atoms with E-state index in [1.165, 1.54) is 6.42 Å². The van der Waals surface area contributed by atoms with Crippen molar-refractivity contribution in [3.8, 4) is 0 Å². The normalized spacial score (nSPS) is 22.4. The summed E-state index contributed by atoms with van der Waals surface area (Å²) in [6.07, 6.45) is 12.0. The van der Waals surface area contributed by atoms with Crippen molar-refractivity contribution < 1.29 is 4.79 Å². The van der Waals surface area contributed by atoms with Crippen molar-refractivity contribution in [1.82, 2.24) is 9.88 Å². The average Bonchev–Trinajstić information content (AvgIpc) is 3.20. The number of allylic oxidation sites excluding steroid dienone is 2. The highest BCUT2D eigenvalue weighted by molar-refractivity contribution is 5.93. The summed E-state index contributed by atoms with van der Waals surface area (Å²) < 4.78 is 2.03. The summed E-state index contributed by atoms with van der Waals surface area (Å²) in [6, 6.07) is 2.27. The number of amides is 1. The number of nitrogens with two attached hydrogens (primary N) is 1. The fourth-order valence-corrected chi connectivity index (χ4v) is 2.71. The first-order valence-corrected chi connectivity index (χ1v) is 7.14. The summed E-state index contributed by atoms with van der Waals surface area (Å²) in [6.45, 7) is 0.763. The van der Waals surface area contributed by atoms with Crippen LogP contribution in [0.2, 0.25) is 0 Å². The highest BCUT2D eigenvalue weighted by Crippen LogP contribution is 2.37. The molecule has 2 aliphatic rings. The zero-order valence-corrected chi connectivity index (χ0v) is 11.1. The van der Waals surface area contributed by atoms with Crippen molar-refractivity contribution in [3.63, 3.8) is 0 Å². The molecule has 0 saturated heterocycles. The predicted molar refractivity (Wildman–Crippen MR) is 75.9 cm³/mol. The smallest absolute Gasteiger partial charge is 0.268 e. The number of nitrogens with one attached hydrogen (secondary N) is 1. The Morgan fingerprint density at radius 3 is 2.89 bits per heavy atom. The number of carbonyl (C=O) groups excluding carboxylic acids is 1. The number of anilines is 1. The van der Waals surface area contributed by atoms with E-state index >= 15 is 0 Å². The highest BCUT2D eigenvalue weighted by Gasteiger charge is 2.27. The van der Waals surface area contributed by atoms with Crippen molar-refractivity contribution in [2.24, 2.45) is 5.92 Å². The third-order valence-corrected chi connectivity index (χ3v) is 3.97. The molecule has 1 aromatic rings. The van der Waals surface area contributed by atoms with Gasteiger partial charge in [-0.3, -0.25) is 4.79 Å². The summed E-state index contributed by atoms with van der Waals surface area (Å²) >= 11 is 0. The summed E-state index contributed by atoms with van der Waals surface area (Å²) in [7, 11) is 0. The molecule has 4 heteroatoms. The van der Waals surface area contributed by atoms with Gasteiger partial charge in [-0.25, -0.2) is 0 Å². The van der Waals surface area contributed by atoms with Gasteiger partial charge in [0.05, 0.1) is 5.69 Å². The molecule has 2 aliphatic carbocycles. The minimum atomic E-state index is 0.0122. The fourth-order valence-electron chi connectivity index (χ4n) is 2.71. The Morgan fingerprint density at radius 2 is 2.21 bits per heavy atom. The van der Waals surface area contributed by atoms with Crippen LogP contribution in [0.5, 0.6) is 0 Å². The zero-order valence-electron chi connectivity index (χ0n) is 11.1. The van der Waals surface area contributed by atoms with Crippen LogP contribution in [0.1, 0.15) is 48.6 Å². The summed E-state index contributed by atoms with van der Waals surface area (Å²) in [5, 5.41) is 3.06. The van der Waals surface area contributed by atoms with Gasteiger partial charge in [0, 0.05) is 18.8 Å². The molecule has 19 heavy (non-hydrogen) atoms. The van der Waals surface area contributed by atoms with Gasteiger partial charge in [-0.05, 0) is 44.1 Å². The van der Waals surface area contributed by atoms with Crippen molar-refractivity contribution >= 4 is 11.6 Å². The molecule has 1 saturated carbocycles. The van der Waals surface area contributed by atoms with E-state index in [1.807, 2.05) is 10.8 Å². The molecule has 1 fully saturated rings. The van der Waals surface area contributed by atoms with Crippen LogP contribution in [0.3, 0.4) is 0 Å². The number of nitrogens with zero attached hydrogens (tertiary/aromatic N) is 1. The van der Waals surface area contributed by atoms with Crippen LogP contribution in [-0.4, -0.2) is 17.0 Å². The number of nitrogen functional groups attached to an aromatic ring is 1. The molecule has 3 rings (SSSR count). The molecule has 0 bridgehead atoms. The quantitative estimate of drug-likeness (QED) is 0.816. The van der Waals surface area contributed by atoms with Crippen molar-refractivity contribution in [1.29, 1.82) is 0 Å². The molecule has 1 heterocycles. The van der Waals surface area contributed by atoms with Gasteiger partial charge in [-0.15, -0.1) is 0 Å². The number of aromatic nitrogens is 1. The maximum absolute atomic E-state index is 12.2. The maximum Gasteiger partial charge on any atom is 0.268 e. The summed E-state index contributed by atoms with van der Waals surface area (Å²) in [5.74, 6) is 0.591. The molecule has 1 unspecified atom stereocenters. The Morgan fingerprint density at radius 1 is 1.37 bits per heavy atom. The zero-order chi connectivity index (χ0) is 13.2. The van der Waals surface area contributed by atoms with Gasteiger partial charge in [0.15, 0.2) is 0 Å². The molecule has 0 aliphatic heterocycles. The first-order valence-electron chi connectivity index (χ1n) is 7.14. The summed E-state index contributed by atoms with van der Waals surface area (Å²) in [5.41, 5.74) is 7.20. The molecule has 1 atom stereocenters. The van der Waals surface area contributed by atoms with E-state index in [-0.39, 0.29) is 5.91 Å². The first-order chi connectivity index (χ1) is 9.24. The van der Waals surface area contributed by atoms with E-state index in [1.54, 1.807) is 6.07 Å². The second-order valence-electron chi connectivity index (χ2n) is 5.66. The van der Waals surface area contributed by atoms with Gasteiger partial charge in [-0.2, -0.15) is 0 Å². The van der Waals surface area contributed by atoms with E-state index in [0.29, 0.717) is 23.3 Å². The van der Waals surface area contributed by atoms with E-state index in [4.69, 9.17) is 5.73 Å². The van der Waals surface area contributed by atoms with Crippen molar-refractivity contribution in [2.75, 3.05) is 12.3 Å². The van der Waals surface area contributed by atoms with Crippen LogP contribution in [-0.2, 0) is 0 Å². The molecular weight excluding hydrogens is 238 g/mol. The SMILES string of the molecule is Nc1cc(C(=O)NCC2CC=CCC2)n(C2CC2)c1. The average molecular weight is 259 g/mol. The van der Waals surface area contributed by atoms with Crippen molar-refractivity contribution in [3.05, 3.63) is 30.1 Å². The molecule has 0 aromatic carbocycles. The first kappa shape index (κ1) is 12.3. The third kappa shape index (κ3) is 2.83. The molecule has 4 nitrogen and oxygen atoms in total. The van der Waals surface area contributed by atoms with E-state index in [2.05, 4.69) is 17.5 Å². The van der Waals surface area contributed by atoms with E-state index in [0.717, 1.165) is 32.2 Å². The molecular formula is C15H21N3O. The lowest BCUT2D eigenvalue weighted by Crippen LogP contribution is -2.31. The Labute approximate surface area is 113 Å². The molecule has 0 spiro atoms. The van der Waals surface area contributed by atoms with Gasteiger partial charge in [0.2, 0.25) is 0 Å². The lowest BCUT2D eigenvalue weighted by Gasteiger charge is -2.18. The van der Waals surface area contributed by atoms with Crippen LogP contribution in [0, 0.1) is 5.92 Å². The minimum Gasteiger partial charge on any atom is -0.397 e. The second-order valence-corrected chi connectivity index (χ2v) is 5.66. The van der Waals surface area contributed by atoms with Gasteiger partial charge in [0.25, 0.3) is 5.91 Å². The lowest BCUT2D eigenvalue weighted by molar-refractivity contribution is 0.0936. The van der Waals surface area contributed by atoms with Crippen LogP contribution >= 0.6 is 0 Å². The Kier molecular flexibility index (Phi) is 3.32. The number of carbonyl (C=O) groups is 1. The van der Waals surface area contributed by atoms with Gasteiger partial charge in [-0.1, -0.05) is 12.2 Å². The fraction of sp³-hybridized carbons (Fsp3) is 0.533. The maximum atomic E-state index is 12.2. The molecule has 3 N–H and O–H groups in total. The predicted octanol–water partition coefficient (Wildman–Crippen LogP) is 2.49. The molecule has 1 aromatic heterocycles. The largest absolute Gasteiger partial charge is 0.397 e. The number of rotatable bonds is 4. The van der Waals surface area contributed by atoms with E-state index < -0.39 is 0 Å². The molecule has 0 radical (unpaired) electrons. The van der Waals surface area contributed by atoms with Crippen LogP contribution < -0.4 is 11.1 Å². The number of hydrogen-bond donors (Lipinski definition) is 2. The van der Waals surface area contributed by atoms with Crippen LogP contribution in [0.25, 0.3) is 0 Å². The number of hydrogen-bond acceptors (Lipinski definition) is 2. The molecule has 1 amide bonds.